The summed E-state index contributed by atoms with van der Waals surface area (Å²) in [5.41, 5.74) is 8.40. The van der Waals surface area contributed by atoms with E-state index in [4.69, 9.17) is 0 Å². The lowest BCUT2D eigenvalue weighted by molar-refractivity contribution is 1.36. The highest BCUT2D eigenvalue weighted by Crippen LogP contribution is 2.28. The second kappa shape index (κ2) is 11.5. The Morgan fingerprint density at radius 3 is 2.04 bits per heavy atom. The lowest BCUT2D eigenvalue weighted by atomic mass is 9.95. The third kappa shape index (κ3) is 5.27. The molecule has 0 spiro atoms. The minimum Gasteiger partial charge on any atom is -0.120 e. The van der Waals surface area contributed by atoms with Crippen LogP contribution in [0, 0.1) is 13.8 Å². The Bertz CT molecular complexity index is 694. The molecule has 0 heterocycles. The lowest BCUT2D eigenvalue weighted by Gasteiger charge is -2.09. The maximum atomic E-state index is 3.16. The first kappa shape index (κ1) is 21.0. The van der Waals surface area contributed by atoms with Crippen molar-refractivity contribution in [3.63, 3.8) is 0 Å². The van der Waals surface area contributed by atoms with Gasteiger partial charge in [0.05, 0.1) is 0 Å². The normalized spacial score (nSPS) is 10.3. The van der Waals surface area contributed by atoms with Gasteiger partial charge < -0.3 is 0 Å². The van der Waals surface area contributed by atoms with Crippen molar-refractivity contribution in [3.05, 3.63) is 64.4 Å². The number of hydrogen-bond donors (Lipinski definition) is 0. The van der Waals surface area contributed by atoms with Gasteiger partial charge in [0.1, 0.15) is 0 Å². The SMILES string of the molecule is CC.CC.CC.Cc1cc2ccc3c(c2cc1C)C=CC=C=C3. The Morgan fingerprint density at radius 1 is 0.783 bits per heavy atom. The van der Waals surface area contributed by atoms with Crippen molar-refractivity contribution in [2.24, 2.45) is 0 Å². The van der Waals surface area contributed by atoms with Gasteiger partial charge >= 0.3 is 0 Å². The van der Waals surface area contributed by atoms with E-state index in [1.165, 1.54) is 33.0 Å². The summed E-state index contributed by atoms with van der Waals surface area (Å²) < 4.78 is 0. The van der Waals surface area contributed by atoms with E-state index in [-0.39, 0.29) is 0 Å². The van der Waals surface area contributed by atoms with Crippen LogP contribution < -0.4 is 0 Å². The highest BCUT2D eigenvalue weighted by atomic mass is 14.1. The van der Waals surface area contributed by atoms with Crippen LogP contribution in [-0.2, 0) is 0 Å². The molecule has 0 radical (unpaired) electrons. The van der Waals surface area contributed by atoms with Crippen molar-refractivity contribution in [3.8, 4) is 0 Å². The van der Waals surface area contributed by atoms with Crippen molar-refractivity contribution >= 4 is 22.9 Å². The molecule has 0 fully saturated rings. The van der Waals surface area contributed by atoms with Crippen molar-refractivity contribution in [1.82, 2.24) is 0 Å². The fourth-order valence-corrected chi connectivity index (χ4v) is 2.28. The van der Waals surface area contributed by atoms with Gasteiger partial charge in [-0.2, -0.15) is 0 Å². The van der Waals surface area contributed by atoms with Gasteiger partial charge in [-0.15, -0.1) is 5.73 Å². The molecule has 0 amide bonds. The zero-order valence-electron chi connectivity index (χ0n) is 16.1. The molecule has 0 aromatic heterocycles. The van der Waals surface area contributed by atoms with E-state index in [1.807, 2.05) is 53.7 Å². The molecule has 0 atom stereocenters. The number of aryl methyl sites for hydroxylation is 2. The van der Waals surface area contributed by atoms with Gasteiger partial charge in [-0.1, -0.05) is 78.0 Å². The number of rotatable bonds is 0. The molecule has 124 valence electrons. The molecule has 0 N–H and O–H groups in total. The van der Waals surface area contributed by atoms with E-state index < -0.39 is 0 Å². The minimum atomic E-state index is 1.24. The summed E-state index contributed by atoms with van der Waals surface area (Å²) in [6.45, 7) is 16.3. The smallest absolute Gasteiger partial charge is 0.00989 e. The van der Waals surface area contributed by atoms with Crippen LogP contribution in [-0.4, -0.2) is 0 Å². The standard InChI is InChI=1S/C17H14.3C2H6/c1-12-10-15-9-8-14-6-4-3-5-7-16(14)17(15)11-13(12)2;3*1-2/h3,5-11H,1-2H3;3*1-2H3. The summed E-state index contributed by atoms with van der Waals surface area (Å²) in [5, 5.41) is 2.64. The fraction of sp³-hybridized carbons (Fsp3) is 0.348. The van der Waals surface area contributed by atoms with Crippen LogP contribution in [0.15, 0.2) is 42.1 Å². The summed E-state index contributed by atoms with van der Waals surface area (Å²) >= 11 is 0. The van der Waals surface area contributed by atoms with Crippen molar-refractivity contribution < 1.29 is 0 Å². The van der Waals surface area contributed by atoms with Gasteiger partial charge in [0.15, 0.2) is 0 Å². The predicted octanol–water partition coefficient (Wildman–Crippen LogP) is 7.73. The molecule has 0 unspecified atom stereocenters. The monoisotopic (exact) mass is 308 g/mol. The number of benzene rings is 2. The molecule has 0 aliphatic heterocycles. The van der Waals surface area contributed by atoms with Gasteiger partial charge in [0.25, 0.3) is 0 Å². The zero-order valence-corrected chi connectivity index (χ0v) is 16.1. The Morgan fingerprint density at radius 2 is 1.39 bits per heavy atom. The van der Waals surface area contributed by atoms with Crippen LogP contribution >= 0.6 is 0 Å². The highest BCUT2D eigenvalue weighted by Gasteiger charge is 2.05. The molecule has 1 aliphatic carbocycles. The molecular formula is C23H32. The second-order valence-electron chi connectivity index (χ2n) is 4.56. The first-order chi connectivity index (χ1) is 11.3. The van der Waals surface area contributed by atoms with Crippen LogP contribution in [0.5, 0.6) is 0 Å². The quantitative estimate of drug-likeness (QED) is 0.437. The Labute approximate surface area is 143 Å². The van der Waals surface area contributed by atoms with Gasteiger partial charge in [-0.25, -0.2) is 0 Å². The Kier molecular flexibility index (Phi) is 10.5. The van der Waals surface area contributed by atoms with E-state index in [2.05, 4.69) is 56.0 Å². The third-order valence-electron chi connectivity index (χ3n) is 3.40. The largest absolute Gasteiger partial charge is 0.120 e. The van der Waals surface area contributed by atoms with Crippen LogP contribution in [0.3, 0.4) is 0 Å². The van der Waals surface area contributed by atoms with E-state index in [9.17, 15) is 0 Å². The molecule has 1 aliphatic rings. The third-order valence-corrected chi connectivity index (χ3v) is 3.40. The first-order valence-electron chi connectivity index (χ1n) is 8.89. The van der Waals surface area contributed by atoms with Gasteiger partial charge in [-0.3, -0.25) is 0 Å². The van der Waals surface area contributed by atoms with Crippen molar-refractivity contribution in [2.75, 3.05) is 0 Å². The number of fused-ring (bicyclic) bond motifs is 3. The van der Waals surface area contributed by atoms with Crippen LogP contribution in [0.2, 0.25) is 0 Å². The predicted molar refractivity (Wildman–Crippen MR) is 109 cm³/mol. The summed E-state index contributed by atoms with van der Waals surface area (Å²) in [6.07, 6.45) is 8.22. The first-order valence-corrected chi connectivity index (χ1v) is 8.89. The topological polar surface area (TPSA) is 0 Å². The molecule has 0 saturated carbocycles. The van der Waals surface area contributed by atoms with E-state index in [1.54, 1.807) is 0 Å². The van der Waals surface area contributed by atoms with Gasteiger partial charge in [0.2, 0.25) is 0 Å². The summed E-state index contributed by atoms with van der Waals surface area (Å²) in [6, 6.07) is 8.91. The maximum Gasteiger partial charge on any atom is -0.00989 e. The Balaban J connectivity index is 0.000000728. The van der Waals surface area contributed by atoms with Crippen LogP contribution in [0.1, 0.15) is 63.8 Å². The second-order valence-corrected chi connectivity index (χ2v) is 4.56. The average Bonchev–Trinajstić information content (AvgIpc) is 2.87. The molecule has 0 saturated heterocycles. The average molecular weight is 309 g/mol. The van der Waals surface area contributed by atoms with E-state index >= 15 is 0 Å². The maximum absolute atomic E-state index is 3.16. The number of allylic oxidation sites excluding steroid dienone is 2. The molecule has 2 aromatic carbocycles. The molecular weight excluding hydrogens is 276 g/mol. The van der Waals surface area contributed by atoms with Crippen LogP contribution in [0.25, 0.3) is 22.9 Å². The molecule has 0 nitrogen and oxygen atoms in total. The molecule has 23 heavy (non-hydrogen) atoms. The molecule has 0 bridgehead atoms. The van der Waals surface area contributed by atoms with E-state index in [0.717, 1.165) is 0 Å². The van der Waals surface area contributed by atoms with E-state index in [0.29, 0.717) is 0 Å². The fourth-order valence-electron chi connectivity index (χ4n) is 2.28. The highest BCUT2D eigenvalue weighted by molar-refractivity contribution is 5.95. The zero-order chi connectivity index (χ0) is 17.8. The molecule has 3 rings (SSSR count). The Hall–Kier alpha value is -2.04. The molecule has 2 aromatic rings. The van der Waals surface area contributed by atoms with Crippen molar-refractivity contribution in [2.45, 2.75) is 55.4 Å². The van der Waals surface area contributed by atoms with Gasteiger partial charge in [0, 0.05) is 0 Å². The summed E-state index contributed by atoms with van der Waals surface area (Å²) in [4.78, 5) is 0. The summed E-state index contributed by atoms with van der Waals surface area (Å²) in [7, 11) is 0. The summed E-state index contributed by atoms with van der Waals surface area (Å²) in [5.74, 6) is 0. The lowest BCUT2D eigenvalue weighted by Crippen LogP contribution is -1.87. The van der Waals surface area contributed by atoms with Gasteiger partial charge in [-0.05, 0) is 59.0 Å². The minimum absolute atomic E-state index is 1.24. The van der Waals surface area contributed by atoms with Crippen molar-refractivity contribution in [1.29, 1.82) is 0 Å². The number of hydrogen-bond acceptors (Lipinski definition) is 0. The molecule has 0 heteroatoms. The van der Waals surface area contributed by atoms with Crippen LogP contribution in [0.4, 0.5) is 0 Å².